The molecular formula is C22H22N4O2. The summed E-state index contributed by atoms with van der Waals surface area (Å²) in [6, 6.07) is 19.4. The van der Waals surface area contributed by atoms with E-state index in [1.54, 1.807) is 12.4 Å². The summed E-state index contributed by atoms with van der Waals surface area (Å²) in [4.78, 5) is 0. The maximum Gasteiger partial charge on any atom is 0.127 e. The molecule has 0 amide bonds. The van der Waals surface area contributed by atoms with Gasteiger partial charge in [-0.3, -0.25) is 9.78 Å². The third-order valence-corrected chi connectivity index (χ3v) is 4.32. The highest BCUT2D eigenvalue weighted by Crippen LogP contribution is 2.26. The number of rotatable bonds is 8. The Kier molecular flexibility index (Phi) is 5.38. The van der Waals surface area contributed by atoms with Crippen LogP contribution in [0.1, 0.15) is 6.92 Å². The summed E-state index contributed by atoms with van der Waals surface area (Å²) in [5, 5.41) is 11.1. The number of ether oxygens (including phenoxy) is 2. The topological polar surface area (TPSA) is 65.0 Å². The highest BCUT2D eigenvalue weighted by Gasteiger charge is 2.06. The summed E-state index contributed by atoms with van der Waals surface area (Å²) in [6.45, 7) is 3.62. The van der Waals surface area contributed by atoms with Crippen LogP contribution in [0.15, 0.2) is 79.3 Å². The van der Waals surface area contributed by atoms with Gasteiger partial charge in [-0.15, -0.1) is 0 Å². The maximum absolute atomic E-state index is 5.91. The molecule has 0 spiro atoms. The van der Waals surface area contributed by atoms with Crippen molar-refractivity contribution in [2.24, 2.45) is 5.92 Å². The van der Waals surface area contributed by atoms with Gasteiger partial charge in [0, 0.05) is 31.1 Å². The normalized spacial score (nSPS) is 11.9. The van der Waals surface area contributed by atoms with Gasteiger partial charge in [-0.2, -0.15) is 10.2 Å². The van der Waals surface area contributed by atoms with E-state index in [1.165, 1.54) is 0 Å². The van der Waals surface area contributed by atoms with Gasteiger partial charge in [0.15, 0.2) is 0 Å². The van der Waals surface area contributed by atoms with Crippen LogP contribution in [0.5, 0.6) is 17.2 Å². The van der Waals surface area contributed by atoms with E-state index < -0.39 is 0 Å². The van der Waals surface area contributed by atoms with Crippen LogP contribution in [-0.2, 0) is 6.54 Å². The lowest BCUT2D eigenvalue weighted by atomic mass is 10.1. The molecule has 0 saturated carbocycles. The Hall–Kier alpha value is -3.54. The molecule has 1 unspecified atom stereocenters. The molecular weight excluding hydrogens is 352 g/mol. The van der Waals surface area contributed by atoms with Crippen LogP contribution >= 0.6 is 0 Å². The molecule has 142 valence electrons. The molecule has 4 aromatic rings. The first-order chi connectivity index (χ1) is 13.8. The average Bonchev–Trinajstić information content (AvgIpc) is 3.42. The van der Waals surface area contributed by atoms with Gasteiger partial charge in [-0.05, 0) is 66.2 Å². The summed E-state index contributed by atoms with van der Waals surface area (Å²) < 4.78 is 13.7. The quantitative estimate of drug-likeness (QED) is 0.482. The van der Waals surface area contributed by atoms with Gasteiger partial charge in [-0.1, -0.05) is 6.92 Å². The fourth-order valence-corrected chi connectivity index (χ4v) is 2.88. The van der Waals surface area contributed by atoms with Crippen molar-refractivity contribution in [3.8, 4) is 28.5 Å². The number of benzene rings is 2. The molecule has 2 heterocycles. The molecule has 2 aromatic carbocycles. The first-order valence-corrected chi connectivity index (χ1v) is 9.24. The monoisotopic (exact) mass is 374 g/mol. The molecule has 28 heavy (non-hydrogen) atoms. The lowest BCUT2D eigenvalue weighted by Crippen LogP contribution is -2.15. The van der Waals surface area contributed by atoms with Crippen LogP contribution in [0.3, 0.4) is 0 Å². The zero-order valence-electron chi connectivity index (χ0n) is 15.7. The standard InChI is InChI=1S/C22H22N4O2/c1-17(15-26-14-2-12-24-26)16-27-19-7-9-21(10-8-19)28-20-5-3-18(4-6-20)22-11-13-23-25-22/h2-14,17H,15-16H2,1H3,(H,23,25). The molecule has 2 aromatic heterocycles. The summed E-state index contributed by atoms with van der Waals surface area (Å²) in [7, 11) is 0. The van der Waals surface area contributed by atoms with E-state index in [9.17, 15) is 0 Å². The highest BCUT2D eigenvalue weighted by atomic mass is 16.5. The van der Waals surface area contributed by atoms with E-state index in [0.717, 1.165) is 35.1 Å². The van der Waals surface area contributed by atoms with Crippen molar-refractivity contribution in [1.82, 2.24) is 20.0 Å². The Morgan fingerprint density at radius 1 is 0.929 bits per heavy atom. The van der Waals surface area contributed by atoms with Crippen molar-refractivity contribution in [1.29, 1.82) is 0 Å². The third-order valence-electron chi connectivity index (χ3n) is 4.32. The minimum Gasteiger partial charge on any atom is -0.493 e. The van der Waals surface area contributed by atoms with Crippen LogP contribution < -0.4 is 9.47 Å². The summed E-state index contributed by atoms with van der Waals surface area (Å²) in [5.41, 5.74) is 2.05. The van der Waals surface area contributed by atoms with Gasteiger partial charge in [0.2, 0.25) is 0 Å². The lowest BCUT2D eigenvalue weighted by molar-refractivity contribution is 0.239. The van der Waals surface area contributed by atoms with Gasteiger partial charge in [0.05, 0.1) is 12.3 Å². The van der Waals surface area contributed by atoms with E-state index in [1.807, 2.05) is 71.5 Å². The number of nitrogens with zero attached hydrogens (tertiary/aromatic N) is 3. The van der Waals surface area contributed by atoms with E-state index in [2.05, 4.69) is 22.2 Å². The van der Waals surface area contributed by atoms with Crippen molar-refractivity contribution in [2.45, 2.75) is 13.5 Å². The van der Waals surface area contributed by atoms with Crippen LogP contribution in [0.25, 0.3) is 11.3 Å². The van der Waals surface area contributed by atoms with Crippen LogP contribution in [-0.4, -0.2) is 26.6 Å². The maximum atomic E-state index is 5.91. The Morgan fingerprint density at radius 3 is 2.29 bits per heavy atom. The van der Waals surface area contributed by atoms with Crippen LogP contribution in [0, 0.1) is 5.92 Å². The molecule has 0 radical (unpaired) electrons. The number of nitrogens with one attached hydrogen (secondary N) is 1. The Bertz CT molecular complexity index is 963. The molecule has 6 nitrogen and oxygen atoms in total. The zero-order valence-corrected chi connectivity index (χ0v) is 15.7. The first kappa shape index (κ1) is 17.9. The Balaban J connectivity index is 1.29. The van der Waals surface area contributed by atoms with Crippen molar-refractivity contribution in [3.05, 3.63) is 79.3 Å². The average molecular weight is 374 g/mol. The fourth-order valence-electron chi connectivity index (χ4n) is 2.88. The van der Waals surface area contributed by atoms with Gasteiger partial charge < -0.3 is 9.47 Å². The molecule has 4 rings (SSSR count). The second kappa shape index (κ2) is 8.43. The Labute approximate surface area is 163 Å². The number of aromatic nitrogens is 4. The molecule has 6 heteroatoms. The number of H-pyrrole nitrogens is 1. The minimum absolute atomic E-state index is 0.365. The molecule has 0 fully saturated rings. The second-order valence-corrected chi connectivity index (χ2v) is 6.71. The summed E-state index contributed by atoms with van der Waals surface area (Å²) in [5.74, 6) is 2.74. The van der Waals surface area contributed by atoms with Crippen LogP contribution in [0.2, 0.25) is 0 Å². The minimum atomic E-state index is 0.365. The van der Waals surface area contributed by atoms with Gasteiger partial charge >= 0.3 is 0 Å². The molecule has 1 atom stereocenters. The largest absolute Gasteiger partial charge is 0.493 e. The molecule has 0 aliphatic heterocycles. The van der Waals surface area contributed by atoms with E-state index >= 15 is 0 Å². The smallest absolute Gasteiger partial charge is 0.127 e. The fraction of sp³-hybridized carbons (Fsp3) is 0.182. The zero-order chi connectivity index (χ0) is 19.2. The first-order valence-electron chi connectivity index (χ1n) is 9.24. The molecule has 0 aliphatic carbocycles. The highest BCUT2D eigenvalue weighted by molar-refractivity contribution is 5.59. The van der Waals surface area contributed by atoms with Gasteiger partial charge in [0.1, 0.15) is 17.2 Å². The van der Waals surface area contributed by atoms with Crippen molar-refractivity contribution in [2.75, 3.05) is 6.61 Å². The molecule has 0 aliphatic rings. The lowest BCUT2D eigenvalue weighted by Gasteiger charge is -2.13. The van der Waals surface area contributed by atoms with Gasteiger partial charge in [-0.25, -0.2) is 0 Å². The van der Waals surface area contributed by atoms with Gasteiger partial charge in [0.25, 0.3) is 0 Å². The molecule has 0 saturated heterocycles. The third kappa shape index (κ3) is 4.59. The van der Waals surface area contributed by atoms with E-state index in [0.29, 0.717) is 12.5 Å². The molecule has 0 bridgehead atoms. The van der Waals surface area contributed by atoms with E-state index in [-0.39, 0.29) is 0 Å². The van der Waals surface area contributed by atoms with Crippen molar-refractivity contribution >= 4 is 0 Å². The molecule has 1 N–H and O–H groups in total. The second-order valence-electron chi connectivity index (χ2n) is 6.71. The number of hydrogen-bond acceptors (Lipinski definition) is 4. The van der Waals surface area contributed by atoms with E-state index in [4.69, 9.17) is 9.47 Å². The number of aromatic amines is 1. The predicted molar refractivity (Wildman–Crippen MR) is 107 cm³/mol. The SMILES string of the molecule is CC(COc1ccc(Oc2ccc(-c3ccn[nH]3)cc2)cc1)Cn1cccn1. The van der Waals surface area contributed by atoms with Crippen molar-refractivity contribution in [3.63, 3.8) is 0 Å². The Morgan fingerprint density at radius 2 is 1.64 bits per heavy atom. The summed E-state index contributed by atoms with van der Waals surface area (Å²) >= 11 is 0. The number of hydrogen-bond donors (Lipinski definition) is 1. The van der Waals surface area contributed by atoms with Crippen molar-refractivity contribution < 1.29 is 9.47 Å². The van der Waals surface area contributed by atoms with Crippen LogP contribution in [0.4, 0.5) is 0 Å². The summed E-state index contributed by atoms with van der Waals surface area (Å²) in [6.07, 6.45) is 5.49. The predicted octanol–water partition coefficient (Wildman–Crippen LogP) is 4.78.